The average molecular weight is 326 g/mol. The number of nitrogens with zero attached hydrogens (tertiary/aromatic N) is 1. The van der Waals surface area contributed by atoms with E-state index in [0.29, 0.717) is 13.0 Å². The Bertz CT molecular complexity index is 519. The molecule has 1 aliphatic rings. The van der Waals surface area contributed by atoms with Crippen molar-refractivity contribution in [2.24, 2.45) is 5.73 Å². The van der Waals surface area contributed by atoms with Crippen molar-refractivity contribution in [3.05, 3.63) is 28.2 Å². The molecule has 0 aliphatic carbocycles. The number of piperazine rings is 1. The Morgan fingerprint density at radius 2 is 2.21 bits per heavy atom. The van der Waals surface area contributed by atoms with Gasteiger partial charge in [-0.15, -0.1) is 0 Å². The Balaban J connectivity index is 2.42. The number of nitrogens with two attached hydrogens (primary N) is 1. The molecule has 1 saturated heterocycles. The number of carbonyl (C=O) groups is 2. The zero-order valence-electron chi connectivity index (χ0n) is 10.6. The molecule has 5 nitrogen and oxygen atoms in total. The van der Waals surface area contributed by atoms with Crippen molar-refractivity contribution < 1.29 is 9.59 Å². The summed E-state index contributed by atoms with van der Waals surface area (Å²) in [6, 6.07) is 5.36. The molecule has 0 bridgehead atoms. The normalized spacial score (nSPS) is 19.5. The van der Waals surface area contributed by atoms with Gasteiger partial charge < -0.3 is 10.6 Å². The van der Waals surface area contributed by atoms with E-state index in [2.05, 4.69) is 21.2 Å². The number of halogens is 1. The van der Waals surface area contributed by atoms with E-state index in [0.717, 1.165) is 15.7 Å². The summed E-state index contributed by atoms with van der Waals surface area (Å²) in [7, 11) is 0. The smallest absolute Gasteiger partial charge is 0.249 e. The summed E-state index contributed by atoms with van der Waals surface area (Å²) in [4.78, 5) is 25.3. The van der Waals surface area contributed by atoms with E-state index in [1.165, 1.54) is 0 Å². The zero-order valence-corrected chi connectivity index (χ0v) is 12.2. The monoisotopic (exact) mass is 325 g/mol. The minimum absolute atomic E-state index is 0.179. The largest absolute Gasteiger partial charge is 0.350 e. The first-order chi connectivity index (χ1) is 9.06. The van der Waals surface area contributed by atoms with Gasteiger partial charge in [-0.25, -0.2) is 0 Å². The summed E-state index contributed by atoms with van der Waals surface area (Å²) < 4.78 is 0.928. The van der Waals surface area contributed by atoms with Crippen LogP contribution >= 0.6 is 15.9 Å². The lowest BCUT2D eigenvalue weighted by Gasteiger charge is -2.36. The topological polar surface area (TPSA) is 75.4 Å². The highest BCUT2D eigenvalue weighted by molar-refractivity contribution is 9.10. The number of anilines is 1. The molecular formula is C13H16BrN3O2. The van der Waals surface area contributed by atoms with E-state index in [-0.39, 0.29) is 24.4 Å². The van der Waals surface area contributed by atoms with Gasteiger partial charge in [-0.05, 0) is 30.2 Å². The van der Waals surface area contributed by atoms with E-state index < -0.39 is 0 Å². The molecule has 1 aromatic rings. The van der Waals surface area contributed by atoms with Gasteiger partial charge >= 0.3 is 0 Å². The van der Waals surface area contributed by atoms with E-state index >= 15 is 0 Å². The maximum Gasteiger partial charge on any atom is 0.249 e. The van der Waals surface area contributed by atoms with Gasteiger partial charge in [-0.2, -0.15) is 0 Å². The summed E-state index contributed by atoms with van der Waals surface area (Å²) in [6.07, 6.45) is 0.638. The molecule has 1 atom stereocenters. The van der Waals surface area contributed by atoms with Crippen LogP contribution in [0.4, 0.5) is 5.69 Å². The van der Waals surface area contributed by atoms with Crippen molar-refractivity contribution in [1.82, 2.24) is 5.32 Å². The molecule has 0 spiro atoms. The molecule has 3 N–H and O–H groups in total. The fraction of sp³-hybridized carbons (Fsp3) is 0.385. The lowest BCUT2D eigenvalue weighted by atomic mass is 10.1. The number of hydrogen-bond donors (Lipinski definition) is 2. The Hall–Kier alpha value is -1.40. The van der Waals surface area contributed by atoms with Gasteiger partial charge in [0.15, 0.2) is 0 Å². The van der Waals surface area contributed by atoms with Gasteiger partial charge in [0, 0.05) is 16.7 Å². The number of hydrogen-bond acceptors (Lipinski definition) is 4. The van der Waals surface area contributed by atoms with Crippen LogP contribution in [0.1, 0.15) is 18.9 Å². The molecule has 1 fully saturated rings. The van der Waals surface area contributed by atoms with Crippen LogP contribution in [0.5, 0.6) is 0 Å². The molecule has 1 heterocycles. The van der Waals surface area contributed by atoms with Crippen LogP contribution in [0.15, 0.2) is 22.7 Å². The molecule has 1 aliphatic heterocycles. The number of amides is 2. The van der Waals surface area contributed by atoms with Crippen LogP contribution < -0.4 is 16.0 Å². The first-order valence-electron chi connectivity index (χ1n) is 6.15. The van der Waals surface area contributed by atoms with Crippen molar-refractivity contribution in [3.63, 3.8) is 0 Å². The van der Waals surface area contributed by atoms with E-state index in [9.17, 15) is 9.59 Å². The highest BCUT2D eigenvalue weighted by Gasteiger charge is 2.33. The Morgan fingerprint density at radius 1 is 1.47 bits per heavy atom. The van der Waals surface area contributed by atoms with Crippen molar-refractivity contribution in [2.45, 2.75) is 25.9 Å². The molecule has 2 amide bonds. The summed E-state index contributed by atoms with van der Waals surface area (Å²) >= 11 is 3.40. The fourth-order valence-corrected chi connectivity index (χ4v) is 2.73. The van der Waals surface area contributed by atoms with Crippen LogP contribution in [-0.2, 0) is 16.1 Å². The van der Waals surface area contributed by atoms with Crippen molar-refractivity contribution in [2.75, 3.05) is 11.4 Å². The van der Waals surface area contributed by atoms with Crippen LogP contribution in [0.2, 0.25) is 0 Å². The second-order valence-corrected chi connectivity index (χ2v) is 5.36. The number of nitrogens with one attached hydrogen (secondary N) is 1. The predicted molar refractivity (Wildman–Crippen MR) is 76.6 cm³/mol. The van der Waals surface area contributed by atoms with Gasteiger partial charge in [-0.3, -0.25) is 14.9 Å². The lowest BCUT2D eigenvalue weighted by Crippen LogP contribution is -2.58. The molecule has 6 heteroatoms. The van der Waals surface area contributed by atoms with Crippen molar-refractivity contribution in [1.29, 1.82) is 0 Å². The SMILES string of the molecule is CCC1C(=O)NC(=O)CN1c1ccc(Br)cc1CN. The predicted octanol–water partition coefficient (Wildman–Crippen LogP) is 1.15. The van der Waals surface area contributed by atoms with E-state index in [1.54, 1.807) is 0 Å². The second-order valence-electron chi connectivity index (χ2n) is 4.44. The highest BCUT2D eigenvalue weighted by Crippen LogP contribution is 2.27. The minimum atomic E-state index is -0.329. The minimum Gasteiger partial charge on any atom is -0.350 e. The van der Waals surface area contributed by atoms with Crippen LogP contribution in [-0.4, -0.2) is 24.4 Å². The van der Waals surface area contributed by atoms with Gasteiger partial charge in [0.2, 0.25) is 11.8 Å². The maximum atomic E-state index is 11.9. The molecule has 2 rings (SSSR count). The van der Waals surface area contributed by atoms with Crippen molar-refractivity contribution >= 4 is 33.4 Å². The van der Waals surface area contributed by atoms with Gasteiger partial charge in [-0.1, -0.05) is 22.9 Å². The summed E-state index contributed by atoms with van der Waals surface area (Å²) in [5.41, 5.74) is 7.51. The standard InChI is InChI=1S/C13H16BrN3O2/c1-2-10-13(19)16-12(18)7-17(10)11-4-3-9(14)5-8(11)6-15/h3-5,10H,2,6-7,15H2,1H3,(H,16,18,19). The van der Waals surface area contributed by atoms with Crippen molar-refractivity contribution in [3.8, 4) is 0 Å². The zero-order chi connectivity index (χ0) is 14.0. The van der Waals surface area contributed by atoms with Crippen LogP contribution in [0, 0.1) is 0 Å². The first-order valence-corrected chi connectivity index (χ1v) is 6.95. The summed E-state index contributed by atoms with van der Waals surface area (Å²) in [5, 5.41) is 2.37. The molecule has 0 radical (unpaired) electrons. The van der Waals surface area contributed by atoms with Crippen LogP contribution in [0.25, 0.3) is 0 Å². The molecular weight excluding hydrogens is 310 g/mol. The van der Waals surface area contributed by atoms with Gasteiger partial charge in [0.1, 0.15) is 6.04 Å². The van der Waals surface area contributed by atoms with Gasteiger partial charge in [0.25, 0.3) is 0 Å². The summed E-state index contributed by atoms with van der Waals surface area (Å²) in [6.45, 7) is 2.46. The third-order valence-electron chi connectivity index (χ3n) is 3.21. The Labute approximate surface area is 120 Å². The number of carbonyl (C=O) groups excluding carboxylic acids is 2. The average Bonchev–Trinajstić information content (AvgIpc) is 2.37. The second kappa shape index (κ2) is 5.71. The highest BCUT2D eigenvalue weighted by atomic mass is 79.9. The molecule has 1 unspecified atom stereocenters. The van der Waals surface area contributed by atoms with Crippen LogP contribution in [0.3, 0.4) is 0 Å². The Morgan fingerprint density at radius 3 is 2.84 bits per heavy atom. The molecule has 0 aromatic heterocycles. The third kappa shape index (κ3) is 2.79. The number of imide groups is 1. The lowest BCUT2D eigenvalue weighted by molar-refractivity contribution is -0.132. The number of rotatable bonds is 3. The van der Waals surface area contributed by atoms with E-state index in [4.69, 9.17) is 5.73 Å². The maximum absolute atomic E-state index is 11.9. The molecule has 0 saturated carbocycles. The third-order valence-corrected chi connectivity index (χ3v) is 3.71. The quantitative estimate of drug-likeness (QED) is 0.817. The first kappa shape index (κ1) is 14.0. The summed E-state index contributed by atoms with van der Waals surface area (Å²) in [5.74, 6) is -0.523. The molecule has 19 heavy (non-hydrogen) atoms. The fourth-order valence-electron chi connectivity index (χ4n) is 2.32. The van der Waals surface area contributed by atoms with Gasteiger partial charge in [0.05, 0.1) is 6.54 Å². The van der Waals surface area contributed by atoms with E-state index in [1.807, 2.05) is 30.0 Å². The molecule has 102 valence electrons. The Kier molecular flexibility index (Phi) is 4.21. The molecule has 1 aromatic carbocycles. The number of benzene rings is 1.